The molecule has 2 aliphatic heterocycles. The topological polar surface area (TPSA) is 107 Å². The Hall–Kier alpha value is -4.06. The van der Waals surface area contributed by atoms with E-state index in [1.807, 2.05) is 24.4 Å². The Kier molecular flexibility index (Phi) is 8.36. The van der Waals surface area contributed by atoms with Crippen LogP contribution in [0.4, 0.5) is 17.5 Å². The smallest absolute Gasteiger partial charge is 0.337 e. The first-order chi connectivity index (χ1) is 20.2. The Morgan fingerprint density at radius 2 is 1.68 bits per heavy atom. The van der Waals surface area contributed by atoms with Gasteiger partial charge < -0.3 is 24.4 Å². The highest BCUT2D eigenvalue weighted by Crippen LogP contribution is 2.28. The third kappa shape index (κ3) is 6.48. The van der Waals surface area contributed by atoms with Gasteiger partial charge in [0.25, 0.3) is 0 Å². The molecule has 2 saturated heterocycles. The van der Waals surface area contributed by atoms with Crippen LogP contribution in [0.3, 0.4) is 0 Å². The van der Waals surface area contributed by atoms with Crippen LogP contribution in [0.25, 0.3) is 22.2 Å². The van der Waals surface area contributed by atoms with Crippen LogP contribution in [-0.4, -0.2) is 96.9 Å². The second kappa shape index (κ2) is 12.6. The summed E-state index contributed by atoms with van der Waals surface area (Å²) in [5, 5.41) is 9.17. The van der Waals surface area contributed by atoms with Gasteiger partial charge in [-0.2, -0.15) is 10.1 Å². The van der Waals surface area contributed by atoms with Gasteiger partial charge in [0.05, 0.1) is 56.5 Å². The molecule has 1 N–H and O–H groups in total. The largest absolute Gasteiger partial charge is 0.465 e. The van der Waals surface area contributed by atoms with Gasteiger partial charge >= 0.3 is 5.97 Å². The SMILES string of the molecule is COC(=O)c1ccc(Nc2cc(-c3ccc4cnn(CCCN5CCOCC5)c4c3)nc(N3CCOCC3)n2)cc1. The average molecular weight is 558 g/mol. The molecule has 2 aliphatic rings. The standard InChI is InChI=1S/C30H35N7O4/c1-39-29(38)22-5-7-25(8-6-22)32-28-20-26(33-30(34-28)36-13-17-41-18-14-36)23-3-4-24-21-31-37(27(24)19-23)10-2-9-35-11-15-40-16-12-35/h3-8,19-21H,2,9-18H2,1H3,(H,32,33,34). The van der Waals surface area contributed by atoms with E-state index in [4.69, 9.17) is 24.2 Å². The van der Waals surface area contributed by atoms with Crippen molar-refractivity contribution in [3.63, 3.8) is 0 Å². The molecule has 2 fully saturated rings. The number of hydrogen-bond acceptors (Lipinski definition) is 10. The van der Waals surface area contributed by atoms with E-state index in [0.29, 0.717) is 30.5 Å². The summed E-state index contributed by atoms with van der Waals surface area (Å²) < 4.78 is 17.9. The molecule has 0 saturated carbocycles. The van der Waals surface area contributed by atoms with Gasteiger partial charge in [-0.25, -0.2) is 9.78 Å². The monoisotopic (exact) mass is 557 g/mol. The Balaban J connectivity index is 1.27. The number of aromatic nitrogens is 4. The van der Waals surface area contributed by atoms with E-state index in [1.54, 1.807) is 12.1 Å². The van der Waals surface area contributed by atoms with Gasteiger partial charge in [-0.15, -0.1) is 0 Å². The molecule has 6 rings (SSSR count). The lowest BCUT2D eigenvalue weighted by Gasteiger charge is -2.27. The van der Waals surface area contributed by atoms with Gasteiger partial charge in [-0.1, -0.05) is 12.1 Å². The third-order valence-corrected chi connectivity index (χ3v) is 7.48. The van der Waals surface area contributed by atoms with Crippen molar-refractivity contribution in [2.24, 2.45) is 0 Å². The Labute approximate surface area is 239 Å². The van der Waals surface area contributed by atoms with E-state index in [-0.39, 0.29) is 5.97 Å². The van der Waals surface area contributed by atoms with Crippen LogP contribution in [0.1, 0.15) is 16.8 Å². The Morgan fingerprint density at radius 3 is 2.44 bits per heavy atom. The average Bonchev–Trinajstić information content (AvgIpc) is 3.44. The predicted octanol–water partition coefficient (Wildman–Crippen LogP) is 3.58. The molecule has 0 spiro atoms. The molecule has 0 radical (unpaired) electrons. The molecule has 0 aliphatic carbocycles. The number of nitrogens with zero attached hydrogens (tertiary/aromatic N) is 6. The quantitative estimate of drug-likeness (QED) is 0.307. The van der Waals surface area contributed by atoms with E-state index < -0.39 is 0 Å². The van der Waals surface area contributed by atoms with E-state index in [1.165, 1.54) is 7.11 Å². The van der Waals surface area contributed by atoms with E-state index >= 15 is 0 Å². The number of hydrogen-bond donors (Lipinski definition) is 1. The molecular formula is C30H35N7O4. The Bertz CT molecular complexity index is 1480. The first kappa shape index (κ1) is 27.1. The molecule has 0 atom stereocenters. The maximum absolute atomic E-state index is 11.8. The second-order valence-corrected chi connectivity index (χ2v) is 10.2. The summed E-state index contributed by atoms with van der Waals surface area (Å²) in [5.41, 5.74) is 4.20. The molecule has 4 aromatic rings. The van der Waals surface area contributed by atoms with Gasteiger partial charge in [0.1, 0.15) is 5.82 Å². The van der Waals surface area contributed by atoms with Crippen molar-refractivity contribution < 1.29 is 19.0 Å². The van der Waals surface area contributed by atoms with Crippen molar-refractivity contribution in [2.75, 3.05) is 76.5 Å². The number of rotatable bonds is 9. The number of aryl methyl sites for hydroxylation is 1. The predicted molar refractivity (Wildman–Crippen MR) is 157 cm³/mol. The molecule has 0 unspecified atom stereocenters. The fourth-order valence-electron chi connectivity index (χ4n) is 5.18. The first-order valence-electron chi connectivity index (χ1n) is 14.1. The number of ether oxygens (including phenoxy) is 3. The summed E-state index contributed by atoms with van der Waals surface area (Å²) in [5.74, 6) is 0.950. The van der Waals surface area contributed by atoms with Crippen molar-refractivity contribution >= 4 is 34.3 Å². The van der Waals surface area contributed by atoms with Crippen molar-refractivity contribution in [1.29, 1.82) is 0 Å². The fourth-order valence-corrected chi connectivity index (χ4v) is 5.18. The zero-order valence-corrected chi connectivity index (χ0v) is 23.3. The number of nitrogens with one attached hydrogen (secondary N) is 1. The molecule has 0 amide bonds. The highest BCUT2D eigenvalue weighted by molar-refractivity contribution is 5.90. The van der Waals surface area contributed by atoms with Gasteiger partial charge in [0, 0.05) is 62.0 Å². The summed E-state index contributed by atoms with van der Waals surface area (Å²) in [4.78, 5) is 26.2. The summed E-state index contributed by atoms with van der Waals surface area (Å²) in [6.07, 6.45) is 2.95. The molecule has 4 heterocycles. The zero-order chi connectivity index (χ0) is 28.0. The van der Waals surface area contributed by atoms with Crippen LogP contribution in [0, 0.1) is 0 Å². The number of methoxy groups -OCH3 is 1. The molecule has 0 bridgehead atoms. The summed E-state index contributed by atoms with van der Waals surface area (Å²) in [7, 11) is 1.37. The minimum atomic E-state index is -0.369. The summed E-state index contributed by atoms with van der Waals surface area (Å²) in [6.45, 7) is 8.24. The minimum Gasteiger partial charge on any atom is -0.465 e. The zero-order valence-electron chi connectivity index (χ0n) is 23.3. The van der Waals surface area contributed by atoms with Crippen molar-refractivity contribution in [3.05, 3.63) is 60.3 Å². The number of carbonyl (C=O) groups is 1. The number of fused-ring (bicyclic) bond motifs is 1. The van der Waals surface area contributed by atoms with Crippen LogP contribution < -0.4 is 10.2 Å². The van der Waals surface area contributed by atoms with Gasteiger partial charge in [-0.3, -0.25) is 9.58 Å². The van der Waals surface area contributed by atoms with Crippen molar-refractivity contribution in [2.45, 2.75) is 13.0 Å². The highest BCUT2D eigenvalue weighted by Gasteiger charge is 2.18. The molecule has 11 heteroatoms. The number of benzene rings is 2. The normalized spacial score (nSPS) is 16.2. The molecular weight excluding hydrogens is 522 g/mol. The van der Waals surface area contributed by atoms with Gasteiger partial charge in [0.2, 0.25) is 5.95 Å². The first-order valence-corrected chi connectivity index (χ1v) is 14.1. The highest BCUT2D eigenvalue weighted by atomic mass is 16.5. The fraction of sp³-hybridized carbons (Fsp3) is 0.400. The van der Waals surface area contributed by atoms with Crippen LogP contribution in [0.2, 0.25) is 0 Å². The number of anilines is 3. The van der Waals surface area contributed by atoms with Crippen molar-refractivity contribution in [1.82, 2.24) is 24.6 Å². The van der Waals surface area contributed by atoms with Crippen molar-refractivity contribution in [3.8, 4) is 11.3 Å². The summed E-state index contributed by atoms with van der Waals surface area (Å²) in [6, 6.07) is 15.4. The lowest BCUT2D eigenvalue weighted by Crippen LogP contribution is -2.37. The molecule has 2 aromatic heterocycles. The van der Waals surface area contributed by atoms with E-state index in [2.05, 4.69) is 43.1 Å². The lowest BCUT2D eigenvalue weighted by atomic mass is 10.1. The summed E-state index contributed by atoms with van der Waals surface area (Å²) >= 11 is 0. The van der Waals surface area contributed by atoms with Crippen LogP contribution >= 0.6 is 0 Å². The van der Waals surface area contributed by atoms with Crippen LogP contribution in [0.5, 0.6) is 0 Å². The molecule has 214 valence electrons. The van der Waals surface area contributed by atoms with E-state index in [9.17, 15) is 4.79 Å². The number of esters is 1. The van der Waals surface area contributed by atoms with Crippen LogP contribution in [-0.2, 0) is 20.8 Å². The lowest BCUT2D eigenvalue weighted by molar-refractivity contribution is 0.0368. The van der Waals surface area contributed by atoms with Crippen LogP contribution in [0.15, 0.2) is 54.7 Å². The number of morpholine rings is 2. The second-order valence-electron chi connectivity index (χ2n) is 10.2. The number of carbonyl (C=O) groups excluding carboxylic acids is 1. The van der Waals surface area contributed by atoms with Gasteiger partial charge in [-0.05, 0) is 36.8 Å². The third-order valence-electron chi connectivity index (χ3n) is 7.48. The van der Waals surface area contributed by atoms with Gasteiger partial charge in [0.15, 0.2) is 0 Å². The minimum absolute atomic E-state index is 0.369. The maximum Gasteiger partial charge on any atom is 0.337 e. The Morgan fingerprint density at radius 1 is 0.927 bits per heavy atom. The van der Waals surface area contributed by atoms with E-state index in [0.717, 1.165) is 86.8 Å². The molecule has 11 nitrogen and oxygen atoms in total. The molecule has 41 heavy (non-hydrogen) atoms. The molecule has 2 aromatic carbocycles. The maximum atomic E-state index is 11.8.